The Morgan fingerprint density at radius 2 is 1.05 bits per heavy atom. The lowest BCUT2D eigenvalue weighted by molar-refractivity contribution is -0.123. The average Bonchev–Trinajstić information content (AvgIpc) is 2.95. The number of amides is 1. The van der Waals surface area contributed by atoms with Crippen molar-refractivity contribution in [2.75, 3.05) is 6.61 Å². The zero-order chi connectivity index (χ0) is 31.2. The predicted molar refractivity (Wildman–Crippen MR) is 176 cm³/mol. The molecule has 0 aliphatic rings. The zero-order valence-corrected chi connectivity index (χ0v) is 28.3. The van der Waals surface area contributed by atoms with Crippen LogP contribution in [0.3, 0.4) is 0 Å². The first-order chi connectivity index (χ1) is 20.3. The van der Waals surface area contributed by atoms with E-state index in [0.29, 0.717) is 6.42 Å². The highest BCUT2D eigenvalue weighted by Crippen LogP contribution is 2.35. The molecule has 2 atom stereocenters. The fourth-order valence-corrected chi connectivity index (χ4v) is 5.64. The van der Waals surface area contributed by atoms with Crippen molar-refractivity contribution in [2.24, 2.45) is 0 Å². The first-order valence-corrected chi connectivity index (χ1v) is 19.2. The second kappa shape index (κ2) is 30.3. The molecule has 8 heteroatoms. The van der Waals surface area contributed by atoms with E-state index in [-0.39, 0.29) is 5.91 Å². The number of hydrogen-bond donors (Lipinski definition) is 4. The van der Waals surface area contributed by atoms with Gasteiger partial charge in [-0.2, -0.15) is 0 Å². The van der Waals surface area contributed by atoms with Gasteiger partial charge in [-0.1, -0.05) is 167 Å². The van der Waals surface area contributed by atoms with Gasteiger partial charge in [-0.3, -0.25) is 9.32 Å². The number of rotatable bonds is 32. The average molecular weight is 618 g/mol. The van der Waals surface area contributed by atoms with Gasteiger partial charge in [0.2, 0.25) is 5.91 Å². The molecule has 0 saturated carbocycles. The maximum absolute atomic E-state index is 12.5. The van der Waals surface area contributed by atoms with Gasteiger partial charge in [-0.25, -0.2) is 4.57 Å². The molecule has 0 rings (SSSR count). The lowest BCUT2D eigenvalue weighted by Crippen LogP contribution is -2.45. The third kappa shape index (κ3) is 30.7. The Morgan fingerprint density at radius 3 is 1.45 bits per heavy atom. The molecular formula is C34H68NO6P. The number of phosphoric ester groups is 1. The summed E-state index contributed by atoms with van der Waals surface area (Å²) in [7, 11) is -4.70. The van der Waals surface area contributed by atoms with Gasteiger partial charge in [0.15, 0.2) is 0 Å². The van der Waals surface area contributed by atoms with Gasteiger partial charge >= 0.3 is 7.82 Å². The van der Waals surface area contributed by atoms with Crippen LogP contribution in [0.25, 0.3) is 0 Å². The number of carbonyl (C=O) groups excluding carboxylic acids is 1. The highest BCUT2D eigenvalue weighted by molar-refractivity contribution is 7.46. The van der Waals surface area contributed by atoms with Crippen LogP contribution in [-0.4, -0.2) is 39.6 Å². The van der Waals surface area contributed by atoms with E-state index in [2.05, 4.69) is 23.7 Å². The number of nitrogens with one attached hydrogen (secondary N) is 1. The Kier molecular flexibility index (Phi) is 29.8. The Bertz CT molecular complexity index is 668. The van der Waals surface area contributed by atoms with E-state index >= 15 is 0 Å². The summed E-state index contributed by atoms with van der Waals surface area (Å²) in [6.07, 6.45) is 33.7. The normalized spacial score (nSPS) is 13.5. The molecular weight excluding hydrogens is 549 g/mol. The van der Waals surface area contributed by atoms with Gasteiger partial charge in [0.05, 0.1) is 18.8 Å². The van der Waals surface area contributed by atoms with Gasteiger partial charge in [0.25, 0.3) is 0 Å². The van der Waals surface area contributed by atoms with Crippen LogP contribution in [0.1, 0.15) is 181 Å². The van der Waals surface area contributed by atoms with E-state index in [1.54, 1.807) is 6.08 Å². The fourth-order valence-electron chi connectivity index (χ4n) is 5.28. The number of unbranched alkanes of at least 4 members (excludes halogenated alkanes) is 23. The van der Waals surface area contributed by atoms with Crippen LogP contribution in [0.4, 0.5) is 0 Å². The second-order valence-corrected chi connectivity index (χ2v) is 13.4. The van der Waals surface area contributed by atoms with Crippen molar-refractivity contribution in [3.63, 3.8) is 0 Å². The maximum Gasteiger partial charge on any atom is 0.469 e. The number of hydrogen-bond acceptors (Lipinski definition) is 4. The monoisotopic (exact) mass is 617 g/mol. The quantitative estimate of drug-likeness (QED) is 0.0339. The molecule has 0 saturated heterocycles. The van der Waals surface area contributed by atoms with Crippen LogP contribution in [0.15, 0.2) is 12.2 Å². The molecule has 0 spiro atoms. The summed E-state index contributed by atoms with van der Waals surface area (Å²) < 4.78 is 15.8. The van der Waals surface area contributed by atoms with Crippen LogP contribution in [-0.2, 0) is 13.9 Å². The van der Waals surface area contributed by atoms with Gasteiger partial charge in [-0.05, 0) is 19.3 Å². The summed E-state index contributed by atoms with van der Waals surface area (Å²) in [4.78, 5) is 30.6. The highest BCUT2D eigenvalue weighted by Gasteiger charge is 2.24. The summed E-state index contributed by atoms with van der Waals surface area (Å²) in [5.41, 5.74) is 0. The number of carbonyl (C=O) groups is 1. The molecule has 42 heavy (non-hydrogen) atoms. The number of phosphoric acid groups is 1. The minimum atomic E-state index is -4.70. The fraction of sp³-hybridized carbons (Fsp3) is 0.912. The van der Waals surface area contributed by atoms with Crippen molar-refractivity contribution >= 4 is 13.7 Å². The molecule has 0 aromatic carbocycles. The summed E-state index contributed by atoms with van der Waals surface area (Å²) in [6.45, 7) is 4.04. The molecule has 0 radical (unpaired) electrons. The molecule has 0 fully saturated rings. The Balaban J connectivity index is 4.00. The van der Waals surface area contributed by atoms with E-state index < -0.39 is 26.6 Å². The largest absolute Gasteiger partial charge is 0.469 e. The number of aliphatic hydroxyl groups excluding tert-OH is 1. The second-order valence-electron chi connectivity index (χ2n) is 12.2. The Labute approximate surface area is 259 Å². The third-order valence-corrected chi connectivity index (χ3v) is 8.48. The maximum atomic E-state index is 12.5. The predicted octanol–water partition coefficient (Wildman–Crippen LogP) is 9.68. The summed E-state index contributed by atoms with van der Waals surface area (Å²) in [6, 6.07) is -0.902. The molecule has 0 aromatic heterocycles. The first kappa shape index (κ1) is 41.3. The Morgan fingerprint density at radius 1 is 0.667 bits per heavy atom. The van der Waals surface area contributed by atoms with Crippen LogP contribution < -0.4 is 5.32 Å². The van der Waals surface area contributed by atoms with E-state index in [1.165, 1.54) is 122 Å². The summed E-state index contributed by atoms with van der Waals surface area (Å²) in [5, 5.41) is 13.3. The lowest BCUT2D eigenvalue weighted by atomic mass is 10.0. The van der Waals surface area contributed by atoms with Crippen molar-refractivity contribution in [3.05, 3.63) is 12.2 Å². The van der Waals surface area contributed by atoms with E-state index in [1.807, 2.05) is 6.08 Å². The first-order valence-electron chi connectivity index (χ1n) is 17.6. The van der Waals surface area contributed by atoms with Crippen LogP contribution in [0.5, 0.6) is 0 Å². The molecule has 0 unspecified atom stereocenters. The molecule has 0 aromatic rings. The van der Waals surface area contributed by atoms with E-state index in [0.717, 1.165) is 38.5 Å². The van der Waals surface area contributed by atoms with Crippen molar-refractivity contribution in [1.82, 2.24) is 5.32 Å². The van der Waals surface area contributed by atoms with Gasteiger partial charge in [-0.15, -0.1) is 0 Å². The van der Waals surface area contributed by atoms with Gasteiger partial charge in [0.1, 0.15) is 0 Å². The summed E-state index contributed by atoms with van der Waals surface area (Å²) >= 11 is 0. The zero-order valence-electron chi connectivity index (χ0n) is 27.4. The number of allylic oxidation sites excluding steroid dienone is 1. The summed E-state index contributed by atoms with van der Waals surface area (Å²) in [5.74, 6) is -0.227. The highest BCUT2D eigenvalue weighted by atomic mass is 31.2. The molecule has 1 amide bonds. The SMILES string of the molecule is CCCCCCCCCC/C=C/[C@@H](O)[C@H](COP(=O)(O)O)NC(=O)CCCCCCCCCCCCCCCCCC. The van der Waals surface area contributed by atoms with Crippen molar-refractivity contribution in [1.29, 1.82) is 0 Å². The minimum absolute atomic E-state index is 0.227. The molecule has 4 N–H and O–H groups in total. The van der Waals surface area contributed by atoms with Crippen molar-refractivity contribution < 1.29 is 28.8 Å². The van der Waals surface area contributed by atoms with Gasteiger partial charge in [0, 0.05) is 6.42 Å². The molecule has 0 bridgehead atoms. The van der Waals surface area contributed by atoms with E-state index in [9.17, 15) is 14.5 Å². The van der Waals surface area contributed by atoms with Crippen LogP contribution >= 0.6 is 7.82 Å². The van der Waals surface area contributed by atoms with Gasteiger partial charge < -0.3 is 20.2 Å². The molecule has 0 aliphatic heterocycles. The molecule has 0 heterocycles. The standard InChI is InChI=1S/C34H68NO6P/c1-3-5-7-9-11-13-15-16-17-18-19-20-22-24-26-28-30-34(37)35-32(31-41-42(38,39)40)33(36)29-27-25-23-21-14-12-10-8-6-4-2/h27,29,32-33,36H,3-26,28,30-31H2,1-2H3,(H,35,37)(H2,38,39,40)/b29-27+/t32-,33+/m0/s1. The molecule has 250 valence electrons. The third-order valence-electron chi connectivity index (χ3n) is 8.00. The smallest absolute Gasteiger partial charge is 0.387 e. The van der Waals surface area contributed by atoms with E-state index in [4.69, 9.17) is 9.79 Å². The molecule has 7 nitrogen and oxygen atoms in total. The Hall–Kier alpha value is -0.720. The van der Waals surface area contributed by atoms with Crippen molar-refractivity contribution in [2.45, 2.75) is 193 Å². The lowest BCUT2D eigenvalue weighted by Gasteiger charge is -2.22. The van der Waals surface area contributed by atoms with Crippen molar-refractivity contribution in [3.8, 4) is 0 Å². The number of aliphatic hydroxyl groups is 1. The minimum Gasteiger partial charge on any atom is -0.387 e. The van der Waals surface area contributed by atoms with Crippen LogP contribution in [0, 0.1) is 0 Å². The van der Waals surface area contributed by atoms with Crippen LogP contribution in [0.2, 0.25) is 0 Å². The topological polar surface area (TPSA) is 116 Å². The molecule has 0 aliphatic carbocycles.